The Labute approximate surface area is 97.4 Å². The van der Waals surface area contributed by atoms with Gasteiger partial charge in [0, 0.05) is 6.54 Å². The van der Waals surface area contributed by atoms with Gasteiger partial charge in [-0.2, -0.15) is 0 Å². The first-order chi connectivity index (χ1) is 6.74. The lowest BCUT2D eigenvalue weighted by Gasteiger charge is -2.13. The molecule has 1 saturated heterocycles. The van der Waals surface area contributed by atoms with E-state index in [-0.39, 0.29) is 12.4 Å². The average Bonchev–Trinajstić information content (AvgIpc) is 2.54. The van der Waals surface area contributed by atoms with Gasteiger partial charge >= 0.3 is 0 Å². The van der Waals surface area contributed by atoms with E-state index < -0.39 is 0 Å². The molecule has 0 bridgehead atoms. The second-order valence-corrected chi connectivity index (χ2v) is 4.06. The van der Waals surface area contributed by atoms with E-state index in [0.29, 0.717) is 6.10 Å². The third-order valence-electron chi connectivity index (χ3n) is 2.51. The first-order valence-electron chi connectivity index (χ1n) is 5.20. The minimum atomic E-state index is 0. The van der Waals surface area contributed by atoms with Gasteiger partial charge in [0.2, 0.25) is 0 Å². The second-order valence-electron chi connectivity index (χ2n) is 4.06. The zero-order valence-electron chi connectivity index (χ0n) is 9.25. The van der Waals surface area contributed by atoms with Gasteiger partial charge in [0.15, 0.2) is 0 Å². The quantitative estimate of drug-likeness (QED) is 0.838. The minimum Gasteiger partial charge on any atom is -0.489 e. The fraction of sp³-hybridized carbons (Fsp3) is 0.500. The number of benzene rings is 1. The van der Waals surface area contributed by atoms with Crippen molar-refractivity contribution in [3.05, 3.63) is 29.3 Å². The molecule has 84 valence electrons. The summed E-state index contributed by atoms with van der Waals surface area (Å²) < 4.78 is 5.87. The highest BCUT2D eigenvalue weighted by atomic mass is 35.5. The van der Waals surface area contributed by atoms with Crippen LogP contribution in [0.3, 0.4) is 0 Å². The Morgan fingerprint density at radius 1 is 1.20 bits per heavy atom. The van der Waals surface area contributed by atoms with Crippen molar-refractivity contribution in [1.82, 2.24) is 5.32 Å². The summed E-state index contributed by atoms with van der Waals surface area (Å²) in [5.74, 6) is 1.01. The van der Waals surface area contributed by atoms with Gasteiger partial charge in [0.25, 0.3) is 0 Å². The molecule has 0 aliphatic carbocycles. The van der Waals surface area contributed by atoms with Crippen LogP contribution in [0.25, 0.3) is 0 Å². The third-order valence-corrected chi connectivity index (χ3v) is 2.51. The van der Waals surface area contributed by atoms with E-state index >= 15 is 0 Å². The van der Waals surface area contributed by atoms with E-state index in [0.717, 1.165) is 25.3 Å². The number of halogens is 1. The van der Waals surface area contributed by atoms with E-state index in [9.17, 15) is 0 Å². The molecule has 0 aromatic heterocycles. The fourth-order valence-corrected chi connectivity index (χ4v) is 1.92. The van der Waals surface area contributed by atoms with Crippen LogP contribution in [0.1, 0.15) is 17.5 Å². The molecule has 0 radical (unpaired) electrons. The van der Waals surface area contributed by atoms with Crippen molar-refractivity contribution in [3.8, 4) is 5.75 Å². The van der Waals surface area contributed by atoms with E-state index in [1.54, 1.807) is 0 Å². The molecular formula is C12H18ClNO. The number of aryl methyl sites for hydroxylation is 2. The summed E-state index contributed by atoms with van der Waals surface area (Å²) in [7, 11) is 0. The van der Waals surface area contributed by atoms with Crippen LogP contribution in [-0.2, 0) is 0 Å². The van der Waals surface area contributed by atoms with Crippen molar-refractivity contribution < 1.29 is 4.74 Å². The molecule has 2 nitrogen and oxygen atoms in total. The molecule has 0 amide bonds. The van der Waals surface area contributed by atoms with Crippen molar-refractivity contribution in [1.29, 1.82) is 0 Å². The van der Waals surface area contributed by atoms with Crippen molar-refractivity contribution in [3.63, 3.8) is 0 Å². The topological polar surface area (TPSA) is 21.3 Å². The average molecular weight is 228 g/mol. The maximum atomic E-state index is 5.87. The molecule has 1 aromatic rings. The number of rotatable bonds is 2. The molecule has 1 aliphatic rings. The number of hydrogen-bond acceptors (Lipinski definition) is 2. The molecule has 1 atom stereocenters. The van der Waals surface area contributed by atoms with Crippen LogP contribution in [0, 0.1) is 13.8 Å². The molecule has 2 rings (SSSR count). The van der Waals surface area contributed by atoms with Gasteiger partial charge in [-0.15, -0.1) is 12.4 Å². The van der Waals surface area contributed by atoms with Crippen molar-refractivity contribution >= 4 is 12.4 Å². The Morgan fingerprint density at radius 2 is 1.87 bits per heavy atom. The molecule has 1 unspecified atom stereocenters. The lowest BCUT2D eigenvalue weighted by atomic mass is 10.1. The highest BCUT2D eigenvalue weighted by molar-refractivity contribution is 5.85. The smallest absolute Gasteiger partial charge is 0.120 e. The standard InChI is InChI=1S/C12H17NO.ClH/c1-9-5-10(2)7-12(6-9)14-11-3-4-13-8-11;/h5-7,11,13H,3-4,8H2,1-2H3;1H. The fourth-order valence-electron chi connectivity index (χ4n) is 1.92. The Bertz CT molecular complexity index is 301. The first kappa shape index (κ1) is 12.3. The number of nitrogens with one attached hydrogen (secondary N) is 1. The summed E-state index contributed by atoms with van der Waals surface area (Å²) in [6.07, 6.45) is 1.48. The van der Waals surface area contributed by atoms with Gasteiger partial charge in [0.05, 0.1) is 0 Å². The molecule has 1 fully saturated rings. The summed E-state index contributed by atoms with van der Waals surface area (Å²) in [6.45, 7) is 6.27. The molecule has 15 heavy (non-hydrogen) atoms. The van der Waals surface area contributed by atoms with Crippen LogP contribution in [0.2, 0.25) is 0 Å². The van der Waals surface area contributed by atoms with Crippen LogP contribution in [-0.4, -0.2) is 19.2 Å². The predicted molar refractivity (Wildman–Crippen MR) is 65.1 cm³/mol. The van der Waals surface area contributed by atoms with E-state index in [1.165, 1.54) is 11.1 Å². The predicted octanol–water partition coefficient (Wildman–Crippen LogP) is 2.47. The van der Waals surface area contributed by atoms with Gasteiger partial charge in [-0.05, 0) is 50.1 Å². The van der Waals surface area contributed by atoms with E-state index in [2.05, 4.69) is 37.4 Å². The zero-order valence-corrected chi connectivity index (χ0v) is 10.1. The van der Waals surface area contributed by atoms with Crippen LogP contribution < -0.4 is 10.1 Å². The largest absolute Gasteiger partial charge is 0.489 e. The maximum absolute atomic E-state index is 5.87. The van der Waals surface area contributed by atoms with Crippen LogP contribution in [0.4, 0.5) is 0 Å². The van der Waals surface area contributed by atoms with Gasteiger partial charge in [0.1, 0.15) is 11.9 Å². The molecule has 1 N–H and O–H groups in total. The SMILES string of the molecule is Cc1cc(C)cc(OC2CCNC2)c1.Cl. The molecule has 1 aliphatic heterocycles. The lowest BCUT2D eigenvalue weighted by Crippen LogP contribution is -2.19. The third kappa shape index (κ3) is 3.40. The summed E-state index contributed by atoms with van der Waals surface area (Å²) >= 11 is 0. The Kier molecular flexibility index (Phi) is 4.43. The van der Waals surface area contributed by atoms with Crippen LogP contribution in [0.15, 0.2) is 18.2 Å². The minimum absolute atomic E-state index is 0. The van der Waals surface area contributed by atoms with Crippen molar-refractivity contribution in [2.75, 3.05) is 13.1 Å². The maximum Gasteiger partial charge on any atom is 0.120 e. The highest BCUT2D eigenvalue weighted by Crippen LogP contribution is 2.19. The van der Waals surface area contributed by atoms with E-state index in [1.807, 2.05) is 0 Å². The molecule has 0 saturated carbocycles. The van der Waals surface area contributed by atoms with Crippen LogP contribution in [0.5, 0.6) is 5.75 Å². The Balaban J connectivity index is 0.00000112. The zero-order chi connectivity index (χ0) is 9.97. The summed E-state index contributed by atoms with van der Waals surface area (Å²) in [4.78, 5) is 0. The van der Waals surface area contributed by atoms with Crippen molar-refractivity contribution in [2.45, 2.75) is 26.4 Å². The Morgan fingerprint density at radius 3 is 2.40 bits per heavy atom. The summed E-state index contributed by atoms with van der Waals surface area (Å²) in [6, 6.07) is 6.37. The molecular weight excluding hydrogens is 210 g/mol. The lowest BCUT2D eigenvalue weighted by molar-refractivity contribution is 0.223. The number of ether oxygens (including phenoxy) is 1. The van der Waals surface area contributed by atoms with Gasteiger partial charge in [-0.1, -0.05) is 6.07 Å². The number of hydrogen-bond donors (Lipinski definition) is 1. The van der Waals surface area contributed by atoms with Gasteiger partial charge < -0.3 is 10.1 Å². The highest BCUT2D eigenvalue weighted by Gasteiger charge is 2.15. The summed E-state index contributed by atoms with van der Waals surface area (Å²) in [5.41, 5.74) is 2.54. The molecule has 3 heteroatoms. The Hall–Kier alpha value is -0.730. The normalized spacial score (nSPS) is 19.7. The van der Waals surface area contributed by atoms with Gasteiger partial charge in [-0.25, -0.2) is 0 Å². The van der Waals surface area contributed by atoms with E-state index in [4.69, 9.17) is 4.74 Å². The molecule has 1 heterocycles. The second kappa shape index (κ2) is 5.38. The van der Waals surface area contributed by atoms with Gasteiger partial charge in [-0.3, -0.25) is 0 Å². The monoisotopic (exact) mass is 227 g/mol. The van der Waals surface area contributed by atoms with Crippen molar-refractivity contribution in [2.24, 2.45) is 0 Å². The van der Waals surface area contributed by atoms with Crippen LogP contribution >= 0.6 is 12.4 Å². The summed E-state index contributed by atoms with van der Waals surface area (Å²) in [5, 5.41) is 3.30. The first-order valence-corrected chi connectivity index (χ1v) is 5.20. The molecule has 1 aromatic carbocycles. The molecule has 0 spiro atoms.